The maximum Gasteiger partial charge on any atom is 0.255 e. The molecule has 1 aromatic heterocycles. The van der Waals surface area contributed by atoms with Crippen LogP contribution in [0.5, 0.6) is 5.75 Å². The number of hydrogen-bond acceptors (Lipinski definition) is 4. The van der Waals surface area contributed by atoms with E-state index in [4.69, 9.17) is 16.3 Å². The molecule has 4 aromatic rings. The lowest BCUT2D eigenvalue weighted by molar-refractivity contribution is 0.102. The molecule has 0 aliphatic rings. The number of nitrogens with one attached hydrogen (secondary N) is 1. The van der Waals surface area contributed by atoms with Crippen molar-refractivity contribution in [3.05, 3.63) is 76.8 Å². The number of aromatic nitrogens is 3. The van der Waals surface area contributed by atoms with E-state index < -0.39 is 0 Å². The van der Waals surface area contributed by atoms with Crippen molar-refractivity contribution >= 4 is 34.2 Å². The zero-order valence-electron chi connectivity index (χ0n) is 19.0. The highest BCUT2D eigenvalue weighted by molar-refractivity contribution is 6.34. The minimum absolute atomic E-state index is 0.0234. The Morgan fingerprint density at radius 1 is 1.06 bits per heavy atom. The van der Waals surface area contributed by atoms with E-state index in [2.05, 4.69) is 34.6 Å². The van der Waals surface area contributed by atoms with Gasteiger partial charge < -0.3 is 10.1 Å². The van der Waals surface area contributed by atoms with E-state index in [9.17, 15) is 4.79 Å². The summed E-state index contributed by atoms with van der Waals surface area (Å²) in [5.74, 6) is 0.364. The first kappa shape index (κ1) is 22.8. The van der Waals surface area contributed by atoms with Crippen molar-refractivity contribution in [1.29, 1.82) is 0 Å². The molecule has 0 atom stereocenters. The highest BCUT2D eigenvalue weighted by Gasteiger charge is 2.14. The number of halogens is 1. The quantitative estimate of drug-likeness (QED) is 0.326. The number of nitrogens with zero attached hydrogens (tertiary/aromatic N) is 3. The highest BCUT2D eigenvalue weighted by atomic mass is 35.5. The zero-order chi connectivity index (χ0) is 23.4. The molecule has 7 heteroatoms. The monoisotopic (exact) mass is 462 g/mol. The predicted molar refractivity (Wildman–Crippen MR) is 133 cm³/mol. The molecule has 1 heterocycles. The number of amides is 1. The summed E-state index contributed by atoms with van der Waals surface area (Å²) in [6.45, 7) is 6.07. The Hall–Kier alpha value is -3.38. The molecule has 0 saturated heterocycles. The van der Waals surface area contributed by atoms with Crippen LogP contribution in [0.1, 0.15) is 49.5 Å². The van der Waals surface area contributed by atoms with E-state index in [0.29, 0.717) is 33.1 Å². The van der Waals surface area contributed by atoms with Crippen LogP contribution >= 0.6 is 11.6 Å². The highest BCUT2D eigenvalue weighted by Crippen LogP contribution is 2.28. The molecule has 1 N–H and O–H groups in total. The first-order valence-corrected chi connectivity index (χ1v) is 11.5. The second-order valence-electron chi connectivity index (χ2n) is 8.23. The Kier molecular flexibility index (Phi) is 6.94. The summed E-state index contributed by atoms with van der Waals surface area (Å²) in [7, 11) is 0. The number of aryl methyl sites for hydroxylation is 1. The first-order chi connectivity index (χ1) is 15.9. The Balaban J connectivity index is 1.55. The normalized spacial score (nSPS) is 11.2. The number of unbranched alkanes of at least 4 members (excludes halogenated alkanes) is 1. The molecular weight excluding hydrogens is 436 g/mol. The average Bonchev–Trinajstić information content (AvgIpc) is 3.20. The molecule has 1 amide bonds. The molecule has 0 unspecified atom stereocenters. The van der Waals surface area contributed by atoms with Crippen molar-refractivity contribution < 1.29 is 9.53 Å². The number of hydrogen-bond donors (Lipinski definition) is 1. The van der Waals surface area contributed by atoms with Gasteiger partial charge in [0.2, 0.25) is 0 Å². The van der Waals surface area contributed by atoms with E-state index in [-0.39, 0.29) is 12.0 Å². The molecule has 0 fully saturated rings. The zero-order valence-corrected chi connectivity index (χ0v) is 19.8. The van der Waals surface area contributed by atoms with Crippen LogP contribution < -0.4 is 10.1 Å². The van der Waals surface area contributed by atoms with E-state index in [1.807, 2.05) is 32.0 Å². The molecule has 0 radical (unpaired) electrons. The standard InChI is InChI=1S/C26H27ClN4O2/c1-4-5-7-18-10-12-20(13-11-18)31-29-24-15-22(27)23(16-25(24)30-31)28-26(32)19-8-6-9-21(14-19)33-17(2)3/h6,8-17H,4-5,7H2,1-3H3,(H,28,32). The van der Waals surface area contributed by atoms with E-state index in [1.165, 1.54) is 18.4 Å². The van der Waals surface area contributed by atoms with Crippen molar-refractivity contribution in [1.82, 2.24) is 15.0 Å². The fraction of sp³-hybridized carbons (Fsp3) is 0.269. The molecule has 4 rings (SSSR count). The molecule has 0 aliphatic carbocycles. The number of rotatable bonds is 8. The smallest absolute Gasteiger partial charge is 0.255 e. The van der Waals surface area contributed by atoms with Gasteiger partial charge in [-0.15, -0.1) is 10.2 Å². The summed E-state index contributed by atoms with van der Waals surface area (Å²) >= 11 is 6.44. The van der Waals surface area contributed by atoms with Gasteiger partial charge in [-0.05, 0) is 74.7 Å². The summed E-state index contributed by atoms with van der Waals surface area (Å²) in [4.78, 5) is 14.4. The van der Waals surface area contributed by atoms with Gasteiger partial charge in [0.1, 0.15) is 16.8 Å². The second kappa shape index (κ2) is 10.0. The van der Waals surface area contributed by atoms with Gasteiger partial charge in [-0.1, -0.05) is 43.1 Å². The molecule has 33 heavy (non-hydrogen) atoms. The lowest BCUT2D eigenvalue weighted by Gasteiger charge is -2.11. The van der Waals surface area contributed by atoms with E-state index in [0.717, 1.165) is 12.1 Å². The molecule has 0 saturated carbocycles. The topological polar surface area (TPSA) is 69.0 Å². The van der Waals surface area contributed by atoms with Crippen LogP contribution in [0.4, 0.5) is 5.69 Å². The van der Waals surface area contributed by atoms with E-state index >= 15 is 0 Å². The number of benzene rings is 3. The third kappa shape index (κ3) is 5.52. The van der Waals surface area contributed by atoms with Crippen LogP contribution in [0.3, 0.4) is 0 Å². The van der Waals surface area contributed by atoms with Crippen LogP contribution in [-0.4, -0.2) is 27.0 Å². The summed E-state index contributed by atoms with van der Waals surface area (Å²) in [5.41, 5.74) is 4.42. The summed E-state index contributed by atoms with van der Waals surface area (Å²) in [6, 6.07) is 18.7. The van der Waals surface area contributed by atoms with Gasteiger partial charge in [-0.3, -0.25) is 4.79 Å². The molecule has 170 valence electrons. The summed E-state index contributed by atoms with van der Waals surface area (Å²) in [5, 5.41) is 12.4. The minimum Gasteiger partial charge on any atom is -0.491 e. The largest absolute Gasteiger partial charge is 0.491 e. The number of carbonyl (C=O) groups excluding carboxylic acids is 1. The third-order valence-electron chi connectivity index (χ3n) is 5.17. The van der Waals surface area contributed by atoms with Gasteiger partial charge in [0, 0.05) is 5.56 Å². The molecule has 0 spiro atoms. The van der Waals surface area contributed by atoms with E-state index in [1.54, 1.807) is 35.1 Å². The number of anilines is 1. The number of carbonyl (C=O) groups is 1. The number of ether oxygens (including phenoxy) is 1. The van der Waals surface area contributed by atoms with Gasteiger partial charge in [0.05, 0.1) is 22.5 Å². The maximum atomic E-state index is 12.8. The molecule has 0 aliphatic heterocycles. The molecule has 6 nitrogen and oxygen atoms in total. The van der Waals surface area contributed by atoms with Crippen molar-refractivity contribution in [3.8, 4) is 11.4 Å². The Labute approximate surface area is 198 Å². The van der Waals surface area contributed by atoms with Gasteiger partial charge in [-0.2, -0.15) is 4.80 Å². The van der Waals surface area contributed by atoms with Crippen molar-refractivity contribution in [2.75, 3.05) is 5.32 Å². The minimum atomic E-state index is -0.277. The van der Waals surface area contributed by atoms with Crippen LogP contribution in [-0.2, 0) is 6.42 Å². The van der Waals surface area contributed by atoms with Crippen LogP contribution in [0.2, 0.25) is 5.02 Å². The average molecular weight is 463 g/mol. The van der Waals surface area contributed by atoms with Crippen LogP contribution in [0.15, 0.2) is 60.7 Å². The second-order valence-corrected chi connectivity index (χ2v) is 8.64. The summed E-state index contributed by atoms with van der Waals surface area (Å²) < 4.78 is 5.68. The van der Waals surface area contributed by atoms with Gasteiger partial charge in [0.15, 0.2) is 0 Å². The van der Waals surface area contributed by atoms with Crippen LogP contribution in [0, 0.1) is 0 Å². The third-order valence-corrected chi connectivity index (χ3v) is 5.48. The SMILES string of the molecule is CCCCc1ccc(-n2nc3cc(Cl)c(NC(=O)c4cccc(OC(C)C)c4)cc3n2)cc1. The maximum absolute atomic E-state index is 12.8. The molecule has 0 bridgehead atoms. The molecule has 3 aromatic carbocycles. The Morgan fingerprint density at radius 2 is 1.79 bits per heavy atom. The fourth-order valence-electron chi connectivity index (χ4n) is 3.50. The Morgan fingerprint density at radius 3 is 2.48 bits per heavy atom. The Bertz CT molecular complexity index is 1270. The molecular formula is C26H27ClN4O2. The lowest BCUT2D eigenvalue weighted by Crippen LogP contribution is -2.13. The van der Waals surface area contributed by atoms with Crippen molar-refractivity contribution in [2.45, 2.75) is 46.1 Å². The lowest BCUT2D eigenvalue weighted by atomic mass is 10.1. The first-order valence-electron chi connectivity index (χ1n) is 11.2. The fourth-order valence-corrected chi connectivity index (χ4v) is 3.71. The van der Waals surface area contributed by atoms with Crippen molar-refractivity contribution in [2.24, 2.45) is 0 Å². The van der Waals surface area contributed by atoms with Gasteiger partial charge in [-0.25, -0.2) is 0 Å². The van der Waals surface area contributed by atoms with Crippen LogP contribution in [0.25, 0.3) is 16.7 Å². The predicted octanol–water partition coefficient (Wildman–Crippen LogP) is 6.46. The van der Waals surface area contributed by atoms with Crippen molar-refractivity contribution in [3.63, 3.8) is 0 Å². The van der Waals surface area contributed by atoms with Gasteiger partial charge >= 0.3 is 0 Å². The summed E-state index contributed by atoms with van der Waals surface area (Å²) in [6.07, 6.45) is 3.43. The number of fused-ring (bicyclic) bond motifs is 1. The van der Waals surface area contributed by atoms with Gasteiger partial charge in [0.25, 0.3) is 5.91 Å².